The molecule has 3 aromatic rings. The Kier molecular flexibility index (Phi) is 8.73. The van der Waals surface area contributed by atoms with E-state index in [1.165, 1.54) is 29.2 Å². The summed E-state index contributed by atoms with van der Waals surface area (Å²) >= 11 is 4.80. The van der Waals surface area contributed by atoms with Gasteiger partial charge in [-0.2, -0.15) is 0 Å². The van der Waals surface area contributed by atoms with Crippen molar-refractivity contribution in [2.75, 3.05) is 20.3 Å². The number of carbonyl (C=O) groups excluding carboxylic acids is 1. The summed E-state index contributed by atoms with van der Waals surface area (Å²) in [5, 5.41) is 0. The number of nitrogens with zero attached hydrogens (tertiary/aromatic N) is 2. The lowest BCUT2D eigenvalue weighted by Gasteiger charge is -2.23. The van der Waals surface area contributed by atoms with Crippen molar-refractivity contribution in [3.8, 4) is 17.2 Å². The topological polar surface area (TPSA) is 88.4 Å². The van der Waals surface area contributed by atoms with Crippen LogP contribution in [0.5, 0.6) is 17.2 Å². The SMILES string of the molecule is CCOc1ccc([C@H]2C(C(=O)OC)=CN=c3s/c(=C/c4ccc(OC(C)C)c(Br)c4)c(=O)n32)cc1OCC. The van der Waals surface area contributed by atoms with E-state index in [0.29, 0.717) is 39.6 Å². The standard InChI is InChI=1S/C28H29BrN2O6S/c1-6-35-22-11-9-18(14-23(22)36-7-2)25-19(27(33)34-5)15-30-28-31(25)26(32)24(38-28)13-17-8-10-21(20(29)12-17)37-16(3)4/h8-16,25H,6-7H2,1-5H3/b24-13+/t25-/m0/s1. The highest BCUT2D eigenvalue weighted by Crippen LogP contribution is 2.35. The summed E-state index contributed by atoms with van der Waals surface area (Å²) in [4.78, 5) is 31.4. The molecule has 200 valence electrons. The number of carbonyl (C=O) groups is 1. The molecule has 1 aromatic heterocycles. The molecule has 38 heavy (non-hydrogen) atoms. The van der Waals surface area contributed by atoms with Gasteiger partial charge in [0.25, 0.3) is 5.56 Å². The molecule has 0 amide bonds. The van der Waals surface area contributed by atoms with Gasteiger partial charge < -0.3 is 18.9 Å². The Labute approximate surface area is 233 Å². The van der Waals surface area contributed by atoms with E-state index in [1.807, 2.05) is 52.0 Å². The monoisotopic (exact) mass is 600 g/mol. The first-order chi connectivity index (χ1) is 18.3. The van der Waals surface area contributed by atoms with E-state index in [-0.39, 0.29) is 17.2 Å². The van der Waals surface area contributed by atoms with Crippen LogP contribution in [-0.4, -0.2) is 37.0 Å². The number of hydrogen-bond acceptors (Lipinski definition) is 8. The average molecular weight is 602 g/mol. The van der Waals surface area contributed by atoms with E-state index in [4.69, 9.17) is 18.9 Å². The van der Waals surface area contributed by atoms with Gasteiger partial charge >= 0.3 is 5.97 Å². The molecule has 0 radical (unpaired) electrons. The number of halogens is 1. The second-order valence-corrected chi connectivity index (χ2v) is 10.5. The molecule has 1 atom stereocenters. The van der Waals surface area contributed by atoms with Gasteiger partial charge in [0.1, 0.15) is 5.75 Å². The summed E-state index contributed by atoms with van der Waals surface area (Å²) in [5.74, 6) is 1.28. The van der Waals surface area contributed by atoms with E-state index < -0.39 is 12.0 Å². The van der Waals surface area contributed by atoms with Gasteiger partial charge in [0.2, 0.25) is 0 Å². The third-order valence-electron chi connectivity index (χ3n) is 5.62. The molecule has 0 N–H and O–H groups in total. The maximum Gasteiger partial charge on any atom is 0.337 e. The number of hydrogen-bond donors (Lipinski definition) is 0. The van der Waals surface area contributed by atoms with Crippen LogP contribution in [-0.2, 0) is 9.53 Å². The van der Waals surface area contributed by atoms with E-state index >= 15 is 0 Å². The molecule has 8 nitrogen and oxygen atoms in total. The first-order valence-electron chi connectivity index (χ1n) is 12.2. The van der Waals surface area contributed by atoms with Crippen molar-refractivity contribution in [1.29, 1.82) is 0 Å². The van der Waals surface area contributed by atoms with Crippen molar-refractivity contribution in [3.63, 3.8) is 0 Å². The molecule has 0 bridgehead atoms. The Balaban J connectivity index is 1.85. The zero-order chi connectivity index (χ0) is 27.4. The van der Waals surface area contributed by atoms with Crippen LogP contribution < -0.4 is 29.1 Å². The van der Waals surface area contributed by atoms with E-state index in [0.717, 1.165) is 15.8 Å². The summed E-state index contributed by atoms with van der Waals surface area (Å²) < 4.78 is 25.1. The molecule has 1 aliphatic rings. The zero-order valence-electron chi connectivity index (χ0n) is 21.8. The highest BCUT2D eigenvalue weighted by molar-refractivity contribution is 9.10. The fourth-order valence-corrected chi connectivity index (χ4v) is 5.55. The minimum absolute atomic E-state index is 0.0377. The third-order valence-corrected chi connectivity index (χ3v) is 7.24. The fourth-order valence-electron chi connectivity index (χ4n) is 4.10. The lowest BCUT2D eigenvalue weighted by molar-refractivity contribution is -0.136. The van der Waals surface area contributed by atoms with E-state index in [9.17, 15) is 9.59 Å². The van der Waals surface area contributed by atoms with Crippen molar-refractivity contribution in [2.24, 2.45) is 4.99 Å². The number of rotatable bonds is 9. The summed E-state index contributed by atoms with van der Waals surface area (Å²) in [6.07, 6.45) is 3.31. The summed E-state index contributed by atoms with van der Waals surface area (Å²) in [7, 11) is 1.31. The Morgan fingerprint density at radius 1 is 1.11 bits per heavy atom. The number of thiazole rings is 1. The zero-order valence-corrected chi connectivity index (χ0v) is 24.2. The van der Waals surface area contributed by atoms with Gasteiger partial charge in [0.05, 0.1) is 47.0 Å². The number of esters is 1. The Hall–Kier alpha value is -3.37. The Morgan fingerprint density at radius 2 is 1.82 bits per heavy atom. The number of fused-ring (bicyclic) bond motifs is 1. The van der Waals surface area contributed by atoms with Crippen molar-refractivity contribution in [1.82, 2.24) is 4.57 Å². The highest BCUT2D eigenvalue weighted by Gasteiger charge is 2.31. The summed E-state index contributed by atoms with van der Waals surface area (Å²) in [6, 6.07) is 10.3. The molecule has 2 aromatic carbocycles. The lowest BCUT2D eigenvalue weighted by Crippen LogP contribution is -2.39. The second-order valence-electron chi connectivity index (χ2n) is 8.60. The van der Waals surface area contributed by atoms with Crippen LogP contribution in [0.4, 0.5) is 0 Å². The van der Waals surface area contributed by atoms with Gasteiger partial charge in [-0.25, -0.2) is 9.79 Å². The third kappa shape index (κ3) is 5.71. The summed E-state index contributed by atoms with van der Waals surface area (Å²) in [5.41, 5.74) is 1.48. The Morgan fingerprint density at radius 3 is 2.47 bits per heavy atom. The maximum absolute atomic E-state index is 13.7. The van der Waals surface area contributed by atoms with E-state index in [2.05, 4.69) is 20.9 Å². The Bertz CT molecular complexity index is 1560. The van der Waals surface area contributed by atoms with Gasteiger partial charge in [-0.1, -0.05) is 23.5 Å². The van der Waals surface area contributed by atoms with Gasteiger partial charge in [-0.05, 0) is 85.1 Å². The second kappa shape index (κ2) is 12.0. The predicted octanol–water partition coefficient (Wildman–Crippen LogP) is 4.37. The maximum atomic E-state index is 13.7. The molecular formula is C28H29BrN2O6S. The minimum atomic E-state index is -0.746. The molecule has 0 saturated heterocycles. The van der Waals surface area contributed by atoms with Crippen molar-refractivity contribution in [2.45, 2.75) is 39.8 Å². The predicted molar refractivity (Wildman–Crippen MR) is 150 cm³/mol. The first kappa shape index (κ1) is 27.7. The lowest BCUT2D eigenvalue weighted by atomic mass is 9.97. The quantitative estimate of drug-likeness (QED) is 0.339. The van der Waals surface area contributed by atoms with Crippen LogP contribution in [0.2, 0.25) is 0 Å². The molecule has 4 rings (SSSR count). The molecular weight excluding hydrogens is 572 g/mol. The molecule has 0 fully saturated rings. The molecule has 0 saturated carbocycles. The van der Waals surface area contributed by atoms with Crippen LogP contribution in [0.15, 0.2) is 62.4 Å². The summed E-state index contributed by atoms with van der Waals surface area (Å²) in [6.45, 7) is 8.60. The number of benzene rings is 2. The molecule has 0 unspecified atom stereocenters. The number of aromatic nitrogens is 1. The van der Waals surface area contributed by atoms with Gasteiger partial charge in [0.15, 0.2) is 16.3 Å². The molecule has 10 heteroatoms. The van der Waals surface area contributed by atoms with Gasteiger partial charge in [-0.3, -0.25) is 9.36 Å². The van der Waals surface area contributed by atoms with Crippen LogP contribution in [0.3, 0.4) is 0 Å². The van der Waals surface area contributed by atoms with Crippen molar-refractivity contribution < 1.29 is 23.7 Å². The van der Waals surface area contributed by atoms with Gasteiger partial charge in [-0.15, -0.1) is 0 Å². The first-order valence-corrected chi connectivity index (χ1v) is 13.8. The molecule has 2 heterocycles. The van der Waals surface area contributed by atoms with Crippen LogP contribution >= 0.6 is 27.3 Å². The normalized spacial score (nSPS) is 15.0. The van der Waals surface area contributed by atoms with Crippen LogP contribution in [0.25, 0.3) is 6.08 Å². The van der Waals surface area contributed by atoms with Crippen LogP contribution in [0.1, 0.15) is 44.9 Å². The average Bonchev–Trinajstić information content (AvgIpc) is 3.20. The van der Waals surface area contributed by atoms with Crippen molar-refractivity contribution in [3.05, 3.63) is 83.5 Å². The molecule has 0 aliphatic carbocycles. The molecule has 1 aliphatic heterocycles. The highest BCUT2D eigenvalue weighted by atomic mass is 79.9. The number of methoxy groups -OCH3 is 1. The number of ether oxygens (including phenoxy) is 4. The molecule has 0 spiro atoms. The minimum Gasteiger partial charge on any atom is -0.490 e. The van der Waals surface area contributed by atoms with Crippen LogP contribution in [0, 0.1) is 0 Å². The fraction of sp³-hybridized carbons (Fsp3) is 0.321. The van der Waals surface area contributed by atoms with Crippen molar-refractivity contribution >= 4 is 39.3 Å². The smallest absolute Gasteiger partial charge is 0.337 e. The van der Waals surface area contributed by atoms with Gasteiger partial charge in [0, 0.05) is 6.20 Å². The largest absolute Gasteiger partial charge is 0.490 e. The van der Waals surface area contributed by atoms with E-state index in [1.54, 1.807) is 18.2 Å².